The summed E-state index contributed by atoms with van der Waals surface area (Å²) in [5.41, 5.74) is 0.883. The van der Waals surface area contributed by atoms with E-state index in [1.54, 1.807) is 6.20 Å². The third-order valence-electron chi connectivity index (χ3n) is 6.14. The number of nitrogens with one attached hydrogen (secondary N) is 1. The highest BCUT2D eigenvalue weighted by atomic mass is 16.2. The fraction of sp³-hybridized carbons (Fsp3) is 0.682. The molecule has 1 aliphatic carbocycles. The molecule has 1 atom stereocenters. The molecule has 1 aromatic heterocycles. The molecule has 2 amide bonds. The zero-order valence-corrected chi connectivity index (χ0v) is 16.5. The number of nitrogens with zero attached hydrogens (tertiary/aromatic N) is 2. The number of piperidine rings is 1. The second-order valence-electron chi connectivity index (χ2n) is 8.28. The number of carbonyl (C=O) groups is 2. The molecule has 1 saturated heterocycles. The average Bonchev–Trinajstić information content (AvgIpc) is 2.70. The fourth-order valence-electron chi connectivity index (χ4n) is 4.42. The Morgan fingerprint density at radius 2 is 1.78 bits per heavy atom. The maximum atomic E-state index is 12.5. The summed E-state index contributed by atoms with van der Waals surface area (Å²) < 4.78 is 0. The average molecular weight is 372 g/mol. The Morgan fingerprint density at radius 3 is 2.44 bits per heavy atom. The molecule has 5 nitrogen and oxygen atoms in total. The summed E-state index contributed by atoms with van der Waals surface area (Å²) in [7, 11) is 0. The predicted octanol–water partition coefficient (Wildman–Crippen LogP) is 3.86. The summed E-state index contributed by atoms with van der Waals surface area (Å²) in [6.45, 7) is 3.57. The number of pyridine rings is 1. The van der Waals surface area contributed by atoms with Crippen LogP contribution >= 0.6 is 0 Å². The van der Waals surface area contributed by atoms with E-state index >= 15 is 0 Å². The smallest absolute Gasteiger partial charge is 0.222 e. The van der Waals surface area contributed by atoms with Crippen LogP contribution in [0.3, 0.4) is 0 Å². The predicted molar refractivity (Wildman–Crippen MR) is 106 cm³/mol. The lowest BCUT2D eigenvalue weighted by Gasteiger charge is -2.33. The Balaban J connectivity index is 1.37. The third-order valence-corrected chi connectivity index (χ3v) is 6.14. The normalized spacial score (nSPS) is 20.3. The van der Waals surface area contributed by atoms with Crippen molar-refractivity contribution in [3.63, 3.8) is 0 Å². The van der Waals surface area contributed by atoms with Gasteiger partial charge in [-0.25, -0.2) is 0 Å². The molecule has 1 unspecified atom stereocenters. The van der Waals surface area contributed by atoms with Crippen molar-refractivity contribution in [2.24, 2.45) is 11.8 Å². The highest BCUT2D eigenvalue weighted by Gasteiger charge is 2.26. The zero-order chi connectivity index (χ0) is 19.1. The molecule has 1 aliphatic heterocycles. The van der Waals surface area contributed by atoms with Gasteiger partial charge in [0.2, 0.25) is 11.8 Å². The van der Waals surface area contributed by atoms with Crippen LogP contribution in [0.5, 0.6) is 0 Å². The number of aromatic nitrogens is 1. The highest BCUT2D eigenvalue weighted by molar-refractivity contribution is 5.77. The Hall–Kier alpha value is -1.91. The van der Waals surface area contributed by atoms with E-state index in [4.69, 9.17) is 0 Å². The van der Waals surface area contributed by atoms with Crippen molar-refractivity contribution < 1.29 is 9.59 Å². The molecule has 2 aliphatic rings. The number of carbonyl (C=O) groups excluding carboxylic acids is 2. The van der Waals surface area contributed by atoms with Crippen molar-refractivity contribution in [2.75, 3.05) is 13.1 Å². The minimum atomic E-state index is -0.0733. The second kappa shape index (κ2) is 9.86. The van der Waals surface area contributed by atoms with E-state index in [2.05, 4.69) is 10.3 Å². The van der Waals surface area contributed by atoms with E-state index in [1.165, 1.54) is 32.1 Å². The zero-order valence-electron chi connectivity index (χ0n) is 16.5. The minimum Gasteiger partial charge on any atom is -0.348 e. The summed E-state index contributed by atoms with van der Waals surface area (Å²) in [6.07, 6.45) is 11.2. The van der Waals surface area contributed by atoms with Crippen LogP contribution in [0.2, 0.25) is 0 Å². The van der Waals surface area contributed by atoms with Gasteiger partial charge >= 0.3 is 0 Å². The first-order valence-corrected chi connectivity index (χ1v) is 10.6. The monoisotopic (exact) mass is 371 g/mol. The van der Waals surface area contributed by atoms with Crippen molar-refractivity contribution in [2.45, 2.75) is 70.8 Å². The van der Waals surface area contributed by atoms with Gasteiger partial charge in [-0.3, -0.25) is 14.6 Å². The van der Waals surface area contributed by atoms with Crippen LogP contribution in [-0.2, 0) is 9.59 Å². The van der Waals surface area contributed by atoms with Crippen molar-refractivity contribution in [3.8, 4) is 0 Å². The molecule has 1 saturated carbocycles. The van der Waals surface area contributed by atoms with E-state index in [1.807, 2.05) is 30.0 Å². The highest BCUT2D eigenvalue weighted by Crippen LogP contribution is 2.28. The second-order valence-corrected chi connectivity index (χ2v) is 8.28. The Morgan fingerprint density at radius 1 is 1.07 bits per heavy atom. The van der Waals surface area contributed by atoms with Gasteiger partial charge < -0.3 is 10.2 Å². The summed E-state index contributed by atoms with van der Waals surface area (Å²) >= 11 is 0. The topological polar surface area (TPSA) is 62.3 Å². The van der Waals surface area contributed by atoms with Crippen LogP contribution in [0.4, 0.5) is 0 Å². The van der Waals surface area contributed by atoms with Crippen molar-refractivity contribution in [1.82, 2.24) is 15.2 Å². The van der Waals surface area contributed by atoms with Crippen LogP contribution in [-0.4, -0.2) is 34.8 Å². The van der Waals surface area contributed by atoms with E-state index < -0.39 is 0 Å². The number of likely N-dealkylation sites (tertiary alicyclic amines) is 1. The van der Waals surface area contributed by atoms with Gasteiger partial charge in [0, 0.05) is 32.1 Å². The van der Waals surface area contributed by atoms with Gasteiger partial charge in [0.05, 0.1) is 11.7 Å². The van der Waals surface area contributed by atoms with Gasteiger partial charge in [-0.05, 0) is 56.6 Å². The molecular weight excluding hydrogens is 338 g/mol. The lowest BCUT2D eigenvalue weighted by molar-refractivity contribution is -0.134. The number of amides is 2. The van der Waals surface area contributed by atoms with E-state index in [9.17, 15) is 9.59 Å². The van der Waals surface area contributed by atoms with E-state index in [-0.39, 0.29) is 11.9 Å². The fourth-order valence-corrected chi connectivity index (χ4v) is 4.42. The number of rotatable bonds is 6. The van der Waals surface area contributed by atoms with E-state index in [0.717, 1.165) is 38.0 Å². The van der Waals surface area contributed by atoms with Crippen LogP contribution in [0, 0.1) is 11.8 Å². The molecular formula is C22H33N3O2. The Labute approximate surface area is 162 Å². The van der Waals surface area contributed by atoms with Gasteiger partial charge in [-0.2, -0.15) is 0 Å². The van der Waals surface area contributed by atoms with Crippen LogP contribution in [0.25, 0.3) is 0 Å². The molecule has 0 aromatic carbocycles. The summed E-state index contributed by atoms with van der Waals surface area (Å²) in [4.78, 5) is 31.2. The van der Waals surface area contributed by atoms with Gasteiger partial charge in [-0.1, -0.05) is 25.3 Å². The van der Waals surface area contributed by atoms with Gasteiger partial charge in [-0.15, -0.1) is 0 Å². The summed E-state index contributed by atoms with van der Waals surface area (Å²) in [6, 6.07) is 5.67. The first-order valence-electron chi connectivity index (χ1n) is 10.6. The first kappa shape index (κ1) is 19.8. The summed E-state index contributed by atoms with van der Waals surface area (Å²) in [5.74, 6) is 1.39. The standard InChI is InChI=1S/C22H33N3O2/c1-17(20-9-5-6-12-23-20)24-21(26)15-19-10-13-25(14-11-19)22(27)16-18-7-3-2-4-8-18/h5-6,9,12,17-19H,2-4,7-8,10-11,13-16H2,1H3,(H,24,26). The van der Waals surface area contributed by atoms with Gasteiger partial charge in [0.25, 0.3) is 0 Å². The third kappa shape index (κ3) is 6.05. The number of hydrogen-bond acceptors (Lipinski definition) is 3. The molecule has 3 rings (SSSR count). The Bertz CT molecular complexity index is 605. The maximum Gasteiger partial charge on any atom is 0.222 e. The van der Waals surface area contributed by atoms with Gasteiger partial charge in [0.1, 0.15) is 0 Å². The number of hydrogen-bond donors (Lipinski definition) is 1. The SMILES string of the molecule is CC(NC(=O)CC1CCN(C(=O)CC2CCCCC2)CC1)c1ccccn1. The maximum absolute atomic E-state index is 12.5. The minimum absolute atomic E-state index is 0.0733. The quantitative estimate of drug-likeness (QED) is 0.826. The lowest BCUT2D eigenvalue weighted by atomic mass is 9.86. The first-order chi connectivity index (χ1) is 13.1. The largest absolute Gasteiger partial charge is 0.348 e. The molecule has 27 heavy (non-hydrogen) atoms. The molecule has 2 fully saturated rings. The van der Waals surface area contributed by atoms with Crippen molar-refractivity contribution in [1.29, 1.82) is 0 Å². The molecule has 1 N–H and O–H groups in total. The van der Waals surface area contributed by atoms with Crippen LogP contribution in [0.1, 0.15) is 76.4 Å². The van der Waals surface area contributed by atoms with Crippen LogP contribution in [0.15, 0.2) is 24.4 Å². The summed E-state index contributed by atoms with van der Waals surface area (Å²) in [5, 5.41) is 3.05. The molecule has 5 heteroatoms. The van der Waals surface area contributed by atoms with Crippen molar-refractivity contribution in [3.05, 3.63) is 30.1 Å². The van der Waals surface area contributed by atoms with Crippen molar-refractivity contribution >= 4 is 11.8 Å². The Kier molecular flexibility index (Phi) is 7.25. The molecule has 0 radical (unpaired) electrons. The lowest BCUT2D eigenvalue weighted by Crippen LogP contribution is -2.40. The molecule has 0 spiro atoms. The van der Waals surface area contributed by atoms with Gasteiger partial charge in [0.15, 0.2) is 0 Å². The van der Waals surface area contributed by atoms with E-state index in [0.29, 0.717) is 24.2 Å². The molecule has 0 bridgehead atoms. The van der Waals surface area contributed by atoms with Crippen LogP contribution < -0.4 is 5.32 Å². The molecule has 2 heterocycles. The molecule has 148 valence electrons. The molecule has 1 aromatic rings.